The summed E-state index contributed by atoms with van der Waals surface area (Å²) in [5, 5.41) is 0. The molecule has 1 aliphatic carbocycles. The Labute approximate surface area is 231 Å². The third-order valence-corrected chi connectivity index (χ3v) is 7.29. The van der Waals surface area contributed by atoms with Crippen molar-refractivity contribution < 1.29 is 28.2 Å². The van der Waals surface area contributed by atoms with E-state index >= 15 is 0 Å². The Balaban J connectivity index is 1.32. The summed E-state index contributed by atoms with van der Waals surface area (Å²) in [6.07, 6.45) is 2.27. The number of aryl methyl sites for hydroxylation is 1. The predicted octanol–water partition coefficient (Wildman–Crippen LogP) is 5.74. The minimum Gasteiger partial charge on any atom is -0.491 e. The fourth-order valence-electron chi connectivity index (χ4n) is 5.19. The first-order valence-corrected chi connectivity index (χ1v) is 13.9. The first kappa shape index (κ1) is 28.9. The number of halogens is 1. The van der Waals surface area contributed by atoms with E-state index in [-0.39, 0.29) is 35.9 Å². The van der Waals surface area contributed by atoms with Crippen LogP contribution in [0.5, 0.6) is 5.75 Å². The highest BCUT2D eigenvalue weighted by Gasteiger charge is 2.36. The van der Waals surface area contributed by atoms with Gasteiger partial charge in [0.1, 0.15) is 29.9 Å². The molecule has 4 rings (SSSR count). The van der Waals surface area contributed by atoms with E-state index in [1.54, 1.807) is 17.0 Å². The monoisotopic (exact) mass is 540 g/mol. The highest BCUT2D eigenvalue weighted by Crippen LogP contribution is 2.31. The smallest absolute Gasteiger partial charge is 0.410 e. The van der Waals surface area contributed by atoms with Gasteiger partial charge in [-0.25, -0.2) is 9.18 Å². The maximum Gasteiger partial charge on any atom is 0.410 e. The van der Waals surface area contributed by atoms with Gasteiger partial charge in [0.2, 0.25) is 5.91 Å². The van der Waals surface area contributed by atoms with E-state index in [9.17, 15) is 14.0 Å². The quantitative estimate of drug-likeness (QED) is 0.448. The van der Waals surface area contributed by atoms with Crippen LogP contribution in [0, 0.1) is 18.7 Å². The molecule has 0 bridgehead atoms. The summed E-state index contributed by atoms with van der Waals surface area (Å²) in [5.74, 6) is 0.554. The summed E-state index contributed by atoms with van der Waals surface area (Å²) in [6, 6.07) is 14.0. The Morgan fingerprint density at radius 2 is 1.69 bits per heavy atom. The zero-order valence-corrected chi connectivity index (χ0v) is 23.5. The molecular formula is C31H41FN2O5. The topological polar surface area (TPSA) is 68.3 Å². The lowest BCUT2D eigenvalue weighted by molar-refractivity contribution is -0.145. The molecule has 1 heterocycles. The van der Waals surface area contributed by atoms with Crippen LogP contribution in [0.3, 0.4) is 0 Å². The van der Waals surface area contributed by atoms with E-state index in [1.807, 2.05) is 56.9 Å². The molecule has 0 unspecified atom stereocenters. The van der Waals surface area contributed by atoms with Crippen molar-refractivity contribution in [1.29, 1.82) is 0 Å². The van der Waals surface area contributed by atoms with Crippen molar-refractivity contribution in [3.8, 4) is 5.75 Å². The van der Waals surface area contributed by atoms with Crippen LogP contribution in [0.15, 0.2) is 48.5 Å². The Morgan fingerprint density at radius 3 is 2.33 bits per heavy atom. The molecule has 7 nitrogen and oxygen atoms in total. The number of morpholine rings is 1. The molecule has 39 heavy (non-hydrogen) atoms. The van der Waals surface area contributed by atoms with E-state index in [4.69, 9.17) is 14.2 Å². The average molecular weight is 541 g/mol. The lowest BCUT2D eigenvalue weighted by Crippen LogP contribution is -2.51. The van der Waals surface area contributed by atoms with Gasteiger partial charge in [-0.2, -0.15) is 0 Å². The summed E-state index contributed by atoms with van der Waals surface area (Å²) in [4.78, 5) is 30.2. The van der Waals surface area contributed by atoms with E-state index in [0.717, 1.165) is 11.3 Å². The number of hydrogen-bond acceptors (Lipinski definition) is 5. The largest absolute Gasteiger partial charge is 0.491 e. The van der Waals surface area contributed by atoms with Gasteiger partial charge in [-0.3, -0.25) is 4.79 Å². The van der Waals surface area contributed by atoms with Gasteiger partial charge in [-0.1, -0.05) is 29.8 Å². The van der Waals surface area contributed by atoms with Crippen LogP contribution >= 0.6 is 0 Å². The normalized spacial score (nSPS) is 21.8. The minimum atomic E-state index is -0.624. The first-order chi connectivity index (χ1) is 18.6. The summed E-state index contributed by atoms with van der Waals surface area (Å²) in [7, 11) is 0. The third-order valence-electron chi connectivity index (χ3n) is 7.29. The molecule has 0 radical (unpaired) electrons. The number of carbonyl (C=O) groups is 2. The van der Waals surface area contributed by atoms with Gasteiger partial charge < -0.3 is 24.0 Å². The number of benzene rings is 2. The lowest BCUT2D eigenvalue weighted by atomic mass is 9.84. The predicted molar refractivity (Wildman–Crippen MR) is 147 cm³/mol. The number of hydrogen-bond donors (Lipinski definition) is 0. The van der Waals surface area contributed by atoms with Crippen LogP contribution in [0.4, 0.5) is 9.18 Å². The summed E-state index contributed by atoms with van der Waals surface area (Å²) in [5.41, 5.74) is 1.39. The van der Waals surface area contributed by atoms with Crippen LogP contribution in [0.2, 0.25) is 0 Å². The number of amides is 2. The van der Waals surface area contributed by atoms with Gasteiger partial charge in [-0.05, 0) is 83.2 Å². The lowest BCUT2D eigenvalue weighted by Gasteiger charge is -2.39. The number of nitrogens with zero attached hydrogens (tertiary/aromatic N) is 2. The Kier molecular flexibility index (Phi) is 9.49. The van der Waals surface area contributed by atoms with E-state index < -0.39 is 5.60 Å². The molecule has 8 heteroatoms. The van der Waals surface area contributed by atoms with Crippen LogP contribution in [-0.2, 0) is 20.8 Å². The van der Waals surface area contributed by atoms with Crippen LogP contribution in [-0.4, -0.2) is 65.9 Å². The van der Waals surface area contributed by atoms with Gasteiger partial charge in [0.05, 0.1) is 13.2 Å². The third kappa shape index (κ3) is 8.43. The molecule has 1 saturated heterocycles. The summed E-state index contributed by atoms with van der Waals surface area (Å²) in [6.45, 7) is 9.89. The van der Waals surface area contributed by atoms with Gasteiger partial charge in [-0.15, -0.1) is 0 Å². The second-order valence-corrected chi connectivity index (χ2v) is 11.6. The van der Waals surface area contributed by atoms with Crippen molar-refractivity contribution in [3.05, 3.63) is 65.5 Å². The molecule has 0 aromatic heterocycles. The highest BCUT2D eigenvalue weighted by atomic mass is 19.1. The maximum absolute atomic E-state index is 13.4. The SMILES string of the molecule is Cc1ccc(OC[C@@H]2CN(C(=O)C3CCC(N(Cc4ccc(F)cc4)C(=O)OC(C)(C)C)CC3)CCO2)cc1. The zero-order valence-electron chi connectivity index (χ0n) is 23.5. The molecule has 0 N–H and O–H groups in total. The van der Waals surface area contributed by atoms with Crippen LogP contribution < -0.4 is 4.74 Å². The van der Waals surface area contributed by atoms with Crippen molar-refractivity contribution in [2.45, 2.75) is 77.7 Å². The minimum absolute atomic E-state index is 0.0469. The fraction of sp³-hybridized carbons (Fsp3) is 0.548. The Bertz CT molecular complexity index is 1090. The van der Waals surface area contributed by atoms with Gasteiger partial charge >= 0.3 is 6.09 Å². The molecule has 0 spiro atoms. The van der Waals surface area contributed by atoms with Crippen molar-refractivity contribution in [2.75, 3.05) is 26.3 Å². The van der Waals surface area contributed by atoms with Crippen molar-refractivity contribution >= 4 is 12.0 Å². The second kappa shape index (κ2) is 12.8. The van der Waals surface area contributed by atoms with Gasteiger partial charge in [0.25, 0.3) is 0 Å². The van der Waals surface area contributed by atoms with Crippen molar-refractivity contribution in [1.82, 2.24) is 9.80 Å². The molecule has 2 aromatic rings. The van der Waals surface area contributed by atoms with Gasteiger partial charge in [0, 0.05) is 25.0 Å². The Hall–Kier alpha value is -3.13. The number of ether oxygens (including phenoxy) is 3. The highest BCUT2D eigenvalue weighted by molar-refractivity contribution is 5.79. The van der Waals surface area contributed by atoms with Gasteiger partial charge in [0.15, 0.2) is 0 Å². The molecule has 212 valence electrons. The van der Waals surface area contributed by atoms with Crippen LogP contribution in [0.1, 0.15) is 57.6 Å². The fourth-order valence-corrected chi connectivity index (χ4v) is 5.19. The number of carbonyl (C=O) groups excluding carboxylic acids is 2. The zero-order chi connectivity index (χ0) is 28.0. The summed E-state index contributed by atoms with van der Waals surface area (Å²) >= 11 is 0. The molecule has 1 atom stereocenters. The summed E-state index contributed by atoms with van der Waals surface area (Å²) < 4.78 is 30.9. The van der Waals surface area contributed by atoms with E-state index in [0.29, 0.717) is 58.5 Å². The van der Waals surface area contributed by atoms with E-state index in [2.05, 4.69) is 0 Å². The molecule has 1 saturated carbocycles. The second-order valence-electron chi connectivity index (χ2n) is 11.6. The number of rotatable bonds is 7. The maximum atomic E-state index is 13.4. The molecule has 2 fully saturated rings. The molecule has 2 aromatic carbocycles. The molecular weight excluding hydrogens is 499 g/mol. The molecule has 1 aliphatic heterocycles. The molecule has 2 amide bonds. The first-order valence-electron chi connectivity index (χ1n) is 13.9. The van der Waals surface area contributed by atoms with E-state index in [1.165, 1.54) is 17.7 Å². The average Bonchev–Trinajstić information content (AvgIpc) is 2.91. The standard InChI is InChI=1S/C31H41FN2O5/c1-22-5-15-27(16-6-22)38-21-28-20-33(17-18-37-28)29(35)24-9-13-26(14-10-24)34(30(36)39-31(2,3)4)19-23-7-11-25(32)12-8-23/h5-8,11-12,15-16,24,26,28H,9-10,13-14,17-21H2,1-4H3/t24?,26?,28-/m0/s1. The van der Waals surface area contributed by atoms with Crippen molar-refractivity contribution in [3.63, 3.8) is 0 Å². The Morgan fingerprint density at radius 1 is 1.03 bits per heavy atom. The molecule has 2 aliphatic rings. The van der Waals surface area contributed by atoms with Crippen molar-refractivity contribution in [2.24, 2.45) is 5.92 Å². The van der Waals surface area contributed by atoms with Crippen LogP contribution in [0.25, 0.3) is 0 Å².